The van der Waals surface area contributed by atoms with E-state index in [0.717, 1.165) is 65.3 Å². The van der Waals surface area contributed by atoms with Gasteiger partial charge in [-0.05, 0) is 66.1 Å². The summed E-state index contributed by atoms with van der Waals surface area (Å²) in [7, 11) is 5.00. The molecule has 1 N–H and O–H groups in total. The number of nitrogens with zero attached hydrogens (tertiary/aromatic N) is 6. The van der Waals surface area contributed by atoms with Crippen molar-refractivity contribution in [2.24, 2.45) is 18.4 Å². The van der Waals surface area contributed by atoms with Crippen molar-refractivity contribution in [3.63, 3.8) is 0 Å². The number of imide groups is 2. The third kappa shape index (κ3) is 6.20. The van der Waals surface area contributed by atoms with E-state index >= 15 is 0 Å². The summed E-state index contributed by atoms with van der Waals surface area (Å²) in [4.78, 5) is 88.4. The highest BCUT2D eigenvalue weighted by Crippen LogP contribution is 2.44. The van der Waals surface area contributed by atoms with Crippen molar-refractivity contribution in [3.8, 4) is 22.6 Å². The topological polar surface area (TPSA) is 164 Å². The third-order valence-corrected chi connectivity index (χ3v) is 12.4. The molecule has 15 heteroatoms. The number of anilines is 1. The minimum absolute atomic E-state index is 0.0181. The van der Waals surface area contributed by atoms with Gasteiger partial charge in [0.05, 0.1) is 36.3 Å². The molecule has 5 aliphatic rings. The number of hydrogen-bond acceptors (Lipinski definition) is 11. The Kier molecular flexibility index (Phi) is 8.87. The van der Waals surface area contributed by atoms with Gasteiger partial charge in [0.15, 0.2) is 0 Å². The van der Waals surface area contributed by atoms with Crippen LogP contribution in [0, 0.1) is 11.3 Å². The summed E-state index contributed by atoms with van der Waals surface area (Å²) in [5.41, 5.74) is 3.88. The fourth-order valence-corrected chi connectivity index (χ4v) is 9.38. The van der Waals surface area contributed by atoms with Gasteiger partial charge in [0.2, 0.25) is 17.7 Å². The number of hydrogen-bond donors (Lipinski definition) is 1. The zero-order chi connectivity index (χ0) is 39.7. The molecule has 9 rings (SSSR count). The highest BCUT2D eigenvalue weighted by Gasteiger charge is 2.50. The fraction of sp³-hybridized carbons (Fsp3) is 0.405. The van der Waals surface area contributed by atoms with Gasteiger partial charge in [-0.1, -0.05) is 0 Å². The number of likely N-dealkylation sites (tertiary alicyclic amines) is 2. The van der Waals surface area contributed by atoms with E-state index < -0.39 is 29.7 Å². The van der Waals surface area contributed by atoms with E-state index in [9.17, 15) is 28.8 Å². The van der Waals surface area contributed by atoms with E-state index in [1.807, 2.05) is 35.4 Å². The van der Waals surface area contributed by atoms with Crippen LogP contribution in [0.25, 0.3) is 21.9 Å². The Morgan fingerprint density at radius 2 is 1.65 bits per heavy atom. The molecular weight excluding hydrogens is 731 g/mol. The van der Waals surface area contributed by atoms with E-state index in [1.165, 1.54) is 0 Å². The number of pyridine rings is 2. The van der Waals surface area contributed by atoms with Crippen LogP contribution >= 0.6 is 0 Å². The first kappa shape index (κ1) is 36.5. The molecule has 57 heavy (non-hydrogen) atoms. The molecule has 5 aliphatic heterocycles. The van der Waals surface area contributed by atoms with Gasteiger partial charge in [0, 0.05) is 101 Å². The average molecular weight is 774 g/mol. The molecule has 4 aromatic rings. The molecule has 0 aliphatic carbocycles. The minimum atomic E-state index is -0.999. The van der Waals surface area contributed by atoms with E-state index in [2.05, 4.69) is 20.1 Å². The fourth-order valence-electron chi connectivity index (χ4n) is 9.38. The second kappa shape index (κ2) is 13.8. The molecule has 0 radical (unpaired) electrons. The molecule has 4 fully saturated rings. The molecule has 1 unspecified atom stereocenters. The Balaban J connectivity index is 0.792. The molecule has 15 nitrogen and oxygen atoms in total. The van der Waals surface area contributed by atoms with Crippen LogP contribution in [-0.2, 0) is 28.0 Å². The van der Waals surface area contributed by atoms with Crippen molar-refractivity contribution >= 4 is 46.0 Å². The largest absolute Gasteiger partial charge is 0.496 e. The van der Waals surface area contributed by atoms with Gasteiger partial charge >= 0.3 is 0 Å². The number of piperidine rings is 1. The number of nitrogens with one attached hydrogen (secondary N) is 1. The molecule has 0 bridgehead atoms. The van der Waals surface area contributed by atoms with Crippen LogP contribution in [0.5, 0.6) is 11.5 Å². The molecule has 0 saturated carbocycles. The van der Waals surface area contributed by atoms with Crippen molar-refractivity contribution in [3.05, 3.63) is 82.0 Å². The van der Waals surface area contributed by atoms with Gasteiger partial charge in [-0.2, -0.15) is 0 Å². The second-order valence-electron chi connectivity index (χ2n) is 16.1. The zero-order valence-electron chi connectivity index (χ0n) is 32.1. The van der Waals surface area contributed by atoms with Crippen molar-refractivity contribution in [1.82, 2.24) is 29.6 Å². The maximum absolute atomic E-state index is 13.5. The standard InChI is InChI=1S/C42H43N7O8/c1-45-19-31(27-8-10-43-16-30(27)39(45)53)25-13-34(56-2)32(35(14-25)57-3)20-46-17-24(18-46)12-37(51)47-11-9-42(21-47)22-48(23-42)26-4-5-28-29(15-26)41(55)49(40(28)54)33-6-7-36(50)44-38(33)52/h4-5,8,10,13-16,19,24,33H,6-7,9,11-12,17-18,20-23H2,1-3H3,(H,44,50,52). The summed E-state index contributed by atoms with van der Waals surface area (Å²) in [5.74, 6) is -0.279. The molecule has 294 valence electrons. The predicted octanol–water partition coefficient (Wildman–Crippen LogP) is 2.58. The van der Waals surface area contributed by atoms with Gasteiger partial charge in [0.25, 0.3) is 17.4 Å². The molecule has 1 spiro atoms. The highest BCUT2D eigenvalue weighted by atomic mass is 16.5. The number of carbonyl (C=O) groups excluding carboxylic acids is 5. The Hall–Kier alpha value is -6.09. The maximum Gasteiger partial charge on any atom is 0.262 e. The summed E-state index contributed by atoms with van der Waals surface area (Å²) in [5, 5.41) is 3.57. The SMILES string of the molecule is COc1cc(-c2cn(C)c(=O)c3cnccc23)cc(OC)c1CN1CC(CC(=O)N2CCC3(C2)CN(c2ccc4c(c2)C(=O)N(C2CCC(=O)NC2=O)C4=O)C3)C1. The Bertz CT molecular complexity index is 2430. The summed E-state index contributed by atoms with van der Waals surface area (Å²) in [6.07, 6.45) is 6.67. The van der Waals surface area contributed by atoms with Gasteiger partial charge in [0.1, 0.15) is 17.5 Å². The maximum atomic E-state index is 13.5. The number of fused-ring (bicyclic) bond motifs is 2. The van der Waals surface area contributed by atoms with Crippen LogP contribution in [0.4, 0.5) is 5.69 Å². The number of ether oxygens (including phenoxy) is 2. The first-order chi connectivity index (χ1) is 27.5. The Morgan fingerprint density at radius 1 is 0.912 bits per heavy atom. The lowest BCUT2D eigenvalue weighted by Crippen LogP contribution is -2.58. The van der Waals surface area contributed by atoms with Crippen LogP contribution in [0.15, 0.2) is 59.8 Å². The molecular formula is C42H43N7O8. The number of methoxy groups -OCH3 is 2. The normalized spacial score (nSPS) is 20.5. The average Bonchev–Trinajstić information content (AvgIpc) is 3.74. The first-order valence-electron chi connectivity index (χ1n) is 19.2. The molecule has 2 aromatic carbocycles. The number of benzene rings is 2. The van der Waals surface area contributed by atoms with Crippen LogP contribution in [-0.4, -0.2) is 113 Å². The van der Waals surface area contributed by atoms with Gasteiger partial charge in [-0.15, -0.1) is 0 Å². The van der Waals surface area contributed by atoms with Crippen molar-refractivity contribution in [2.75, 3.05) is 58.4 Å². The third-order valence-electron chi connectivity index (χ3n) is 12.4. The highest BCUT2D eigenvalue weighted by molar-refractivity contribution is 6.23. The molecule has 1 atom stereocenters. The number of aromatic nitrogens is 2. The smallest absolute Gasteiger partial charge is 0.262 e. The molecule has 2 aromatic heterocycles. The summed E-state index contributed by atoms with van der Waals surface area (Å²) in [6.45, 7) is 5.05. The summed E-state index contributed by atoms with van der Waals surface area (Å²) < 4.78 is 13.3. The van der Waals surface area contributed by atoms with Crippen LogP contribution in [0.3, 0.4) is 0 Å². The second-order valence-corrected chi connectivity index (χ2v) is 16.1. The number of aryl methyl sites for hydroxylation is 1. The number of carbonyl (C=O) groups is 5. The molecule has 5 amide bonds. The zero-order valence-corrected chi connectivity index (χ0v) is 32.1. The van der Waals surface area contributed by atoms with Gasteiger partial charge < -0.3 is 23.8 Å². The molecule has 7 heterocycles. The predicted molar refractivity (Wildman–Crippen MR) is 208 cm³/mol. The van der Waals surface area contributed by atoms with E-state index in [4.69, 9.17) is 9.47 Å². The number of amides is 5. The summed E-state index contributed by atoms with van der Waals surface area (Å²) in [6, 6.07) is 10.00. The lowest BCUT2D eigenvalue weighted by molar-refractivity contribution is -0.136. The van der Waals surface area contributed by atoms with Gasteiger partial charge in [-0.25, -0.2) is 0 Å². The van der Waals surface area contributed by atoms with Crippen molar-refractivity contribution in [1.29, 1.82) is 0 Å². The van der Waals surface area contributed by atoms with Crippen molar-refractivity contribution in [2.45, 2.75) is 38.3 Å². The van der Waals surface area contributed by atoms with E-state index in [-0.39, 0.29) is 46.8 Å². The van der Waals surface area contributed by atoms with Crippen LogP contribution in [0.2, 0.25) is 0 Å². The Labute approximate surface area is 328 Å². The van der Waals surface area contributed by atoms with Crippen LogP contribution < -0.4 is 25.2 Å². The van der Waals surface area contributed by atoms with Gasteiger partial charge in [-0.3, -0.25) is 48.9 Å². The lowest BCUT2D eigenvalue weighted by atomic mass is 9.78. The lowest BCUT2D eigenvalue weighted by Gasteiger charge is -2.49. The van der Waals surface area contributed by atoms with E-state index in [0.29, 0.717) is 42.9 Å². The monoisotopic (exact) mass is 773 g/mol. The van der Waals surface area contributed by atoms with Crippen molar-refractivity contribution < 1.29 is 33.4 Å². The molecule has 4 saturated heterocycles. The first-order valence-corrected chi connectivity index (χ1v) is 19.2. The minimum Gasteiger partial charge on any atom is -0.496 e. The number of rotatable bonds is 9. The summed E-state index contributed by atoms with van der Waals surface area (Å²) >= 11 is 0. The van der Waals surface area contributed by atoms with E-state index in [1.54, 1.807) is 50.4 Å². The Morgan fingerprint density at radius 3 is 2.37 bits per heavy atom. The quantitative estimate of drug-likeness (QED) is 0.249. The van der Waals surface area contributed by atoms with Crippen LogP contribution in [0.1, 0.15) is 52.0 Å².